The summed E-state index contributed by atoms with van der Waals surface area (Å²) in [6.45, 7) is 9.39. The van der Waals surface area contributed by atoms with Crippen LogP contribution in [0.25, 0.3) is 66.1 Å². The summed E-state index contributed by atoms with van der Waals surface area (Å²) >= 11 is 0. The molecule has 2 heteroatoms. The highest BCUT2D eigenvalue weighted by molar-refractivity contribution is 6.12. The molecular formula is C62H46N2. The van der Waals surface area contributed by atoms with Gasteiger partial charge in [-0.15, -0.1) is 0 Å². The van der Waals surface area contributed by atoms with E-state index in [4.69, 9.17) is 0 Å². The average Bonchev–Trinajstić information content (AvgIpc) is 3.70. The van der Waals surface area contributed by atoms with Gasteiger partial charge in [-0.05, 0) is 185 Å². The van der Waals surface area contributed by atoms with Crippen LogP contribution in [0.3, 0.4) is 0 Å². The van der Waals surface area contributed by atoms with Crippen LogP contribution in [0.2, 0.25) is 0 Å². The predicted molar refractivity (Wildman–Crippen MR) is 270 cm³/mol. The molecule has 0 saturated heterocycles. The van der Waals surface area contributed by atoms with Gasteiger partial charge in [0, 0.05) is 45.0 Å². The molecule has 0 aromatic heterocycles. The van der Waals surface area contributed by atoms with Crippen LogP contribution in [0.1, 0.15) is 49.9 Å². The molecule has 3 aliphatic rings. The largest absolute Gasteiger partial charge is 0.310 e. The zero-order valence-corrected chi connectivity index (χ0v) is 36.5. The maximum atomic E-state index is 2.41. The first kappa shape index (κ1) is 36.9. The van der Waals surface area contributed by atoms with Crippen molar-refractivity contribution in [2.24, 2.45) is 0 Å². The summed E-state index contributed by atoms with van der Waals surface area (Å²) < 4.78 is 0. The van der Waals surface area contributed by atoms with Gasteiger partial charge in [0.2, 0.25) is 0 Å². The van der Waals surface area contributed by atoms with E-state index in [9.17, 15) is 0 Å². The molecule has 10 aromatic carbocycles. The Bertz CT molecular complexity index is 3310. The Balaban J connectivity index is 0.878. The van der Waals surface area contributed by atoms with E-state index in [0.29, 0.717) is 0 Å². The van der Waals surface area contributed by atoms with Gasteiger partial charge in [-0.25, -0.2) is 0 Å². The molecular weight excluding hydrogens is 773 g/mol. The second-order valence-electron chi connectivity index (χ2n) is 19.0. The van der Waals surface area contributed by atoms with Gasteiger partial charge in [0.15, 0.2) is 0 Å². The van der Waals surface area contributed by atoms with Gasteiger partial charge in [-0.1, -0.05) is 137 Å². The molecule has 10 aromatic rings. The number of hydrogen-bond donors (Lipinski definition) is 0. The Kier molecular flexibility index (Phi) is 7.74. The summed E-state index contributed by atoms with van der Waals surface area (Å²) in [7, 11) is 0. The van der Waals surface area contributed by atoms with Crippen molar-refractivity contribution in [2.45, 2.75) is 38.5 Å². The minimum absolute atomic E-state index is 0.0344. The van der Waals surface area contributed by atoms with E-state index in [2.05, 4.69) is 244 Å². The minimum atomic E-state index is -0.0344. The zero-order valence-electron chi connectivity index (χ0n) is 36.5. The van der Waals surface area contributed by atoms with Crippen molar-refractivity contribution in [1.82, 2.24) is 0 Å². The van der Waals surface area contributed by atoms with Crippen molar-refractivity contribution >= 4 is 55.7 Å². The molecule has 304 valence electrons. The van der Waals surface area contributed by atoms with Crippen LogP contribution in [0, 0.1) is 0 Å². The molecule has 0 atom stereocenters. The van der Waals surface area contributed by atoms with Crippen LogP contribution in [0.5, 0.6) is 0 Å². The SMILES string of the molecule is CC1(C)c2ccccc2-c2cc(N(c3ccccc3)c3ccc4cc5c(cc4c3)-c3cc4ccc(N(c6ccccc6)c6ccc7c(c6)-c6ccccc6C7(C)C)cc4cc3-5)ccc21. The first-order chi connectivity index (χ1) is 31.2. The van der Waals surface area contributed by atoms with Crippen LogP contribution >= 0.6 is 0 Å². The van der Waals surface area contributed by atoms with Gasteiger partial charge in [-0.2, -0.15) is 0 Å². The summed E-state index contributed by atoms with van der Waals surface area (Å²) in [4.78, 5) is 4.82. The molecule has 0 aliphatic heterocycles. The van der Waals surface area contributed by atoms with Crippen molar-refractivity contribution in [3.8, 4) is 44.5 Å². The van der Waals surface area contributed by atoms with Crippen molar-refractivity contribution in [3.63, 3.8) is 0 Å². The predicted octanol–water partition coefficient (Wildman–Crippen LogP) is 17.2. The summed E-state index contributed by atoms with van der Waals surface area (Å²) in [5, 5.41) is 4.97. The van der Waals surface area contributed by atoms with Gasteiger partial charge in [0.1, 0.15) is 0 Å². The molecule has 3 aliphatic carbocycles. The third kappa shape index (κ3) is 5.32. The third-order valence-corrected chi connectivity index (χ3v) is 14.7. The second kappa shape index (κ2) is 13.4. The number of rotatable bonds is 6. The van der Waals surface area contributed by atoms with Gasteiger partial charge < -0.3 is 9.80 Å². The Hall–Kier alpha value is -7.68. The quantitative estimate of drug-likeness (QED) is 0.165. The van der Waals surface area contributed by atoms with Crippen molar-refractivity contribution in [1.29, 1.82) is 0 Å². The van der Waals surface area contributed by atoms with E-state index < -0.39 is 0 Å². The lowest BCUT2D eigenvalue weighted by molar-refractivity contribution is 0.660. The Morgan fingerprint density at radius 2 is 0.562 bits per heavy atom. The van der Waals surface area contributed by atoms with Crippen LogP contribution < -0.4 is 9.80 Å². The van der Waals surface area contributed by atoms with Crippen LogP contribution in [0.15, 0.2) is 206 Å². The maximum absolute atomic E-state index is 2.41. The third-order valence-electron chi connectivity index (χ3n) is 14.7. The first-order valence-corrected chi connectivity index (χ1v) is 22.6. The summed E-state index contributed by atoms with van der Waals surface area (Å²) in [6.07, 6.45) is 0. The number of hydrogen-bond acceptors (Lipinski definition) is 2. The molecule has 2 nitrogen and oxygen atoms in total. The lowest BCUT2D eigenvalue weighted by Crippen LogP contribution is -2.15. The van der Waals surface area contributed by atoms with E-state index >= 15 is 0 Å². The smallest absolute Gasteiger partial charge is 0.0468 e. The lowest BCUT2D eigenvalue weighted by Gasteiger charge is -2.29. The summed E-state index contributed by atoms with van der Waals surface area (Å²) in [5.41, 5.74) is 23.0. The normalized spacial score (nSPS) is 14.2. The molecule has 0 spiro atoms. The molecule has 0 saturated carbocycles. The van der Waals surface area contributed by atoms with E-state index in [0.717, 1.165) is 34.1 Å². The van der Waals surface area contributed by atoms with Crippen LogP contribution in [0.4, 0.5) is 34.1 Å². The van der Waals surface area contributed by atoms with Crippen LogP contribution in [-0.4, -0.2) is 0 Å². The molecule has 0 fully saturated rings. The highest BCUT2D eigenvalue weighted by atomic mass is 15.1. The zero-order chi connectivity index (χ0) is 42.9. The number of para-hydroxylation sites is 2. The van der Waals surface area contributed by atoms with Gasteiger partial charge in [0.05, 0.1) is 0 Å². The molecule has 0 N–H and O–H groups in total. The van der Waals surface area contributed by atoms with E-state index in [1.165, 1.54) is 88.3 Å². The Labute approximate surface area is 375 Å². The van der Waals surface area contributed by atoms with Gasteiger partial charge in [-0.3, -0.25) is 0 Å². The standard InChI is InChI=1S/C62H46N2/c1-61(2)57-21-13-11-19-49(57)55-37-47(27-29-59(55)61)63(43-15-7-5-8-16-43)45-25-23-39-33-51-53(35-41(39)31-45)52-34-40-24-26-46(32-42(40)36-54(51)52)64(44-17-9-6-10-18-44)48-28-30-60-56(38-48)50-20-12-14-22-58(50)62(60,3)4/h5-38H,1-4H3. The van der Waals surface area contributed by atoms with E-state index in [-0.39, 0.29) is 10.8 Å². The summed E-state index contributed by atoms with van der Waals surface area (Å²) in [5.74, 6) is 0. The van der Waals surface area contributed by atoms with Crippen molar-refractivity contribution in [2.75, 3.05) is 9.80 Å². The molecule has 0 heterocycles. The van der Waals surface area contributed by atoms with Crippen molar-refractivity contribution < 1.29 is 0 Å². The monoisotopic (exact) mass is 818 g/mol. The Morgan fingerprint density at radius 1 is 0.234 bits per heavy atom. The molecule has 0 radical (unpaired) electrons. The van der Waals surface area contributed by atoms with E-state index in [1.54, 1.807) is 0 Å². The minimum Gasteiger partial charge on any atom is -0.310 e. The van der Waals surface area contributed by atoms with E-state index in [1.807, 2.05) is 0 Å². The fraction of sp³-hybridized carbons (Fsp3) is 0.0968. The fourth-order valence-electron chi connectivity index (χ4n) is 11.4. The van der Waals surface area contributed by atoms with Crippen LogP contribution in [-0.2, 0) is 10.8 Å². The second-order valence-corrected chi connectivity index (χ2v) is 19.0. The highest BCUT2D eigenvalue weighted by Crippen LogP contribution is 2.54. The molecule has 13 rings (SSSR count). The molecule has 0 bridgehead atoms. The maximum Gasteiger partial charge on any atom is 0.0468 e. The molecule has 0 amide bonds. The molecule has 64 heavy (non-hydrogen) atoms. The number of nitrogens with zero attached hydrogens (tertiary/aromatic N) is 2. The van der Waals surface area contributed by atoms with Gasteiger partial charge in [0.25, 0.3) is 0 Å². The van der Waals surface area contributed by atoms with Crippen molar-refractivity contribution in [3.05, 3.63) is 229 Å². The first-order valence-electron chi connectivity index (χ1n) is 22.6. The van der Waals surface area contributed by atoms with Gasteiger partial charge >= 0.3 is 0 Å². The number of anilines is 6. The summed E-state index contributed by atoms with van der Waals surface area (Å²) in [6, 6.07) is 77.0. The molecule has 0 unspecified atom stereocenters. The highest BCUT2D eigenvalue weighted by Gasteiger charge is 2.37. The number of benzene rings is 10. The lowest BCUT2D eigenvalue weighted by atomic mass is 9.78. The fourth-order valence-corrected chi connectivity index (χ4v) is 11.4. The number of fused-ring (bicyclic) bond motifs is 12. The topological polar surface area (TPSA) is 6.48 Å². The average molecular weight is 819 g/mol. The Morgan fingerprint density at radius 3 is 0.984 bits per heavy atom.